The molecule has 1 atom stereocenters. The van der Waals surface area contributed by atoms with Crippen molar-refractivity contribution in [3.63, 3.8) is 0 Å². The van der Waals surface area contributed by atoms with Gasteiger partial charge in [-0.15, -0.1) is 0 Å². The molecule has 5 nitrogen and oxygen atoms in total. The summed E-state index contributed by atoms with van der Waals surface area (Å²) in [6, 6.07) is 3.79. The van der Waals surface area contributed by atoms with Crippen molar-refractivity contribution in [2.75, 3.05) is 7.05 Å². The zero-order valence-electron chi connectivity index (χ0n) is 12.1. The summed E-state index contributed by atoms with van der Waals surface area (Å²) in [5, 5.41) is 7.84. The zero-order valence-corrected chi connectivity index (χ0v) is 12.9. The molecule has 20 heavy (non-hydrogen) atoms. The molecule has 2 aromatic heterocycles. The molecule has 1 N–H and O–H groups in total. The molecular formula is C14H19ClN4O. The van der Waals surface area contributed by atoms with Crippen molar-refractivity contribution in [1.29, 1.82) is 0 Å². The summed E-state index contributed by atoms with van der Waals surface area (Å²) >= 11 is 5.81. The van der Waals surface area contributed by atoms with Crippen LogP contribution < -0.4 is 5.32 Å². The van der Waals surface area contributed by atoms with E-state index in [1.807, 2.05) is 7.05 Å². The van der Waals surface area contributed by atoms with Gasteiger partial charge in [-0.3, -0.25) is 4.98 Å². The number of aromatic nitrogens is 3. The Morgan fingerprint density at radius 1 is 1.35 bits per heavy atom. The fourth-order valence-electron chi connectivity index (χ4n) is 1.97. The average Bonchev–Trinajstić information content (AvgIpc) is 2.84. The van der Waals surface area contributed by atoms with Gasteiger partial charge in [0.15, 0.2) is 0 Å². The standard InChI is InChI=1S/C14H19ClN4O/c1-14(2,3)11(16-4)7-12-18-13(19-20-12)10-6-5-9(15)8-17-10/h5-6,8,11,16H,7H2,1-4H3. The highest BCUT2D eigenvalue weighted by molar-refractivity contribution is 6.30. The van der Waals surface area contributed by atoms with Crippen LogP contribution in [0, 0.1) is 5.41 Å². The van der Waals surface area contributed by atoms with Crippen molar-refractivity contribution < 1.29 is 4.52 Å². The van der Waals surface area contributed by atoms with Gasteiger partial charge in [-0.1, -0.05) is 37.5 Å². The number of pyridine rings is 1. The maximum atomic E-state index is 5.81. The third-order valence-electron chi connectivity index (χ3n) is 3.20. The molecule has 0 amide bonds. The largest absolute Gasteiger partial charge is 0.339 e. The topological polar surface area (TPSA) is 63.8 Å². The quantitative estimate of drug-likeness (QED) is 0.939. The van der Waals surface area contributed by atoms with Crippen molar-refractivity contribution in [2.24, 2.45) is 5.41 Å². The molecule has 0 fully saturated rings. The van der Waals surface area contributed by atoms with E-state index < -0.39 is 0 Å². The molecule has 0 aliphatic rings. The van der Waals surface area contributed by atoms with Crippen LogP contribution in [0.3, 0.4) is 0 Å². The minimum absolute atomic E-state index is 0.113. The van der Waals surface area contributed by atoms with Crippen LogP contribution in [0.15, 0.2) is 22.9 Å². The highest BCUT2D eigenvalue weighted by Crippen LogP contribution is 2.23. The Kier molecular flexibility index (Phi) is 4.40. The van der Waals surface area contributed by atoms with Crippen LogP contribution >= 0.6 is 11.6 Å². The summed E-state index contributed by atoms with van der Waals surface area (Å²) in [6.07, 6.45) is 2.25. The second-order valence-corrected chi connectivity index (χ2v) is 6.22. The first-order chi connectivity index (χ1) is 9.40. The molecule has 0 spiro atoms. The molecule has 0 aromatic carbocycles. The number of nitrogens with one attached hydrogen (secondary N) is 1. The van der Waals surface area contributed by atoms with E-state index in [9.17, 15) is 0 Å². The van der Waals surface area contributed by atoms with Gasteiger partial charge in [0, 0.05) is 18.7 Å². The number of nitrogens with zero attached hydrogens (tertiary/aromatic N) is 3. The molecule has 6 heteroatoms. The number of likely N-dealkylation sites (N-methyl/N-ethyl adjacent to an activating group) is 1. The van der Waals surface area contributed by atoms with Crippen molar-refractivity contribution in [3.05, 3.63) is 29.2 Å². The lowest BCUT2D eigenvalue weighted by Crippen LogP contribution is -2.39. The predicted octanol–water partition coefficient (Wildman–Crippen LogP) is 2.96. The summed E-state index contributed by atoms with van der Waals surface area (Å²) in [5.74, 6) is 1.09. The van der Waals surface area contributed by atoms with E-state index in [4.69, 9.17) is 16.1 Å². The monoisotopic (exact) mass is 294 g/mol. The lowest BCUT2D eigenvalue weighted by molar-refractivity contribution is 0.255. The summed E-state index contributed by atoms with van der Waals surface area (Å²) in [7, 11) is 1.94. The van der Waals surface area contributed by atoms with Gasteiger partial charge in [-0.2, -0.15) is 4.98 Å². The number of hydrogen-bond acceptors (Lipinski definition) is 5. The van der Waals surface area contributed by atoms with Gasteiger partial charge in [0.25, 0.3) is 0 Å². The van der Waals surface area contributed by atoms with Gasteiger partial charge in [-0.25, -0.2) is 0 Å². The SMILES string of the molecule is CNC(Cc1nc(-c2ccc(Cl)cn2)no1)C(C)(C)C. The van der Waals surface area contributed by atoms with Crippen LogP contribution in [0.2, 0.25) is 5.02 Å². The molecule has 0 aliphatic heterocycles. The van der Waals surface area contributed by atoms with E-state index >= 15 is 0 Å². The molecule has 2 heterocycles. The first-order valence-corrected chi connectivity index (χ1v) is 6.89. The maximum Gasteiger partial charge on any atom is 0.228 e. The first-order valence-electron chi connectivity index (χ1n) is 6.52. The van der Waals surface area contributed by atoms with Gasteiger partial charge >= 0.3 is 0 Å². The molecule has 2 aromatic rings. The highest BCUT2D eigenvalue weighted by atomic mass is 35.5. The Labute approximate surface area is 123 Å². The lowest BCUT2D eigenvalue weighted by Gasteiger charge is -2.29. The second-order valence-electron chi connectivity index (χ2n) is 5.78. The Balaban J connectivity index is 2.15. The van der Waals surface area contributed by atoms with Gasteiger partial charge in [-0.05, 0) is 24.6 Å². The van der Waals surface area contributed by atoms with Crippen molar-refractivity contribution in [3.8, 4) is 11.5 Å². The van der Waals surface area contributed by atoms with Gasteiger partial charge < -0.3 is 9.84 Å². The second kappa shape index (κ2) is 5.89. The maximum absolute atomic E-state index is 5.81. The molecule has 2 rings (SSSR count). The minimum atomic E-state index is 0.113. The van der Waals surface area contributed by atoms with Crippen LogP contribution in [0.25, 0.3) is 11.5 Å². The Morgan fingerprint density at radius 2 is 2.10 bits per heavy atom. The molecule has 1 unspecified atom stereocenters. The van der Waals surface area contributed by atoms with Gasteiger partial charge in [0.1, 0.15) is 5.69 Å². The minimum Gasteiger partial charge on any atom is -0.339 e. The molecule has 0 bridgehead atoms. The Morgan fingerprint density at radius 3 is 2.65 bits per heavy atom. The van der Waals surface area contributed by atoms with Crippen LogP contribution in [0.5, 0.6) is 0 Å². The average molecular weight is 295 g/mol. The van der Waals surface area contributed by atoms with E-state index in [1.165, 1.54) is 0 Å². The Hall–Kier alpha value is -1.46. The summed E-state index contributed by atoms with van der Waals surface area (Å²) < 4.78 is 5.30. The van der Waals surface area contributed by atoms with Crippen molar-refractivity contribution in [2.45, 2.75) is 33.2 Å². The number of halogens is 1. The molecule has 108 valence electrons. The summed E-state index contributed by atoms with van der Waals surface area (Å²) in [4.78, 5) is 8.57. The van der Waals surface area contributed by atoms with Crippen molar-refractivity contribution >= 4 is 11.6 Å². The van der Waals surface area contributed by atoms with E-state index in [0.717, 1.165) is 0 Å². The highest BCUT2D eigenvalue weighted by Gasteiger charge is 2.25. The first kappa shape index (κ1) is 14.9. The van der Waals surface area contributed by atoms with E-state index in [0.29, 0.717) is 28.9 Å². The Bertz CT molecular complexity index is 559. The van der Waals surface area contributed by atoms with Crippen LogP contribution in [0.1, 0.15) is 26.7 Å². The molecule has 0 radical (unpaired) electrons. The van der Waals surface area contributed by atoms with E-state index in [2.05, 4.69) is 41.2 Å². The number of rotatable bonds is 4. The summed E-state index contributed by atoms with van der Waals surface area (Å²) in [5.41, 5.74) is 0.767. The predicted molar refractivity (Wildman–Crippen MR) is 78.5 cm³/mol. The van der Waals surface area contributed by atoms with E-state index in [-0.39, 0.29) is 11.5 Å². The normalized spacial score (nSPS) is 13.4. The zero-order chi connectivity index (χ0) is 14.8. The van der Waals surface area contributed by atoms with Crippen LogP contribution in [0.4, 0.5) is 0 Å². The van der Waals surface area contributed by atoms with Gasteiger partial charge in [0.2, 0.25) is 11.7 Å². The fourth-order valence-corrected chi connectivity index (χ4v) is 2.08. The molecule has 0 saturated heterocycles. The molecular weight excluding hydrogens is 276 g/mol. The number of hydrogen-bond donors (Lipinski definition) is 1. The molecule has 0 aliphatic carbocycles. The van der Waals surface area contributed by atoms with E-state index in [1.54, 1.807) is 18.3 Å². The van der Waals surface area contributed by atoms with Crippen LogP contribution in [-0.2, 0) is 6.42 Å². The molecule has 0 saturated carbocycles. The smallest absolute Gasteiger partial charge is 0.228 e. The third kappa shape index (κ3) is 3.55. The van der Waals surface area contributed by atoms with Gasteiger partial charge in [0.05, 0.1) is 5.02 Å². The summed E-state index contributed by atoms with van der Waals surface area (Å²) in [6.45, 7) is 6.52. The van der Waals surface area contributed by atoms with Crippen molar-refractivity contribution in [1.82, 2.24) is 20.4 Å². The van der Waals surface area contributed by atoms with Crippen LogP contribution in [-0.4, -0.2) is 28.2 Å². The fraction of sp³-hybridized carbons (Fsp3) is 0.500. The third-order valence-corrected chi connectivity index (χ3v) is 3.42. The lowest BCUT2D eigenvalue weighted by atomic mass is 9.85.